The van der Waals surface area contributed by atoms with Crippen molar-refractivity contribution in [1.82, 2.24) is 4.13 Å². The number of rotatable bonds is 4. The summed E-state index contributed by atoms with van der Waals surface area (Å²) in [5.74, 6) is -1.07. The molecule has 1 heterocycles. The van der Waals surface area contributed by atoms with Crippen LogP contribution in [0.3, 0.4) is 0 Å². The van der Waals surface area contributed by atoms with E-state index in [1.807, 2.05) is 0 Å². The second-order valence-electron chi connectivity index (χ2n) is 5.53. The van der Waals surface area contributed by atoms with Crippen molar-refractivity contribution in [3.63, 3.8) is 0 Å². The SMILES string of the molecule is O=S(=O)(NS(=O)(=O)C(F)(F)F)OC1C2CC3C1OS(=O)(=O)C3C2. The van der Waals surface area contributed by atoms with Crippen LogP contribution in [-0.2, 0) is 38.8 Å². The van der Waals surface area contributed by atoms with Gasteiger partial charge in [0.15, 0.2) is 0 Å². The van der Waals surface area contributed by atoms with E-state index in [1.165, 1.54) is 0 Å². The molecule has 9 nitrogen and oxygen atoms in total. The molecule has 5 unspecified atom stereocenters. The average Bonchev–Trinajstić information content (AvgIpc) is 2.90. The van der Waals surface area contributed by atoms with Crippen LogP contribution in [0.1, 0.15) is 12.8 Å². The van der Waals surface area contributed by atoms with Crippen LogP contribution in [0.4, 0.5) is 13.2 Å². The summed E-state index contributed by atoms with van der Waals surface area (Å²) in [4.78, 5) is 0. The van der Waals surface area contributed by atoms with Crippen LogP contribution < -0.4 is 4.13 Å². The van der Waals surface area contributed by atoms with Crippen LogP contribution in [0, 0.1) is 11.8 Å². The number of hydrogen-bond donors (Lipinski definition) is 1. The number of alkyl halides is 3. The van der Waals surface area contributed by atoms with Crippen molar-refractivity contribution < 1.29 is 46.8 Å². The van der Waals surface area contributed by atoms with Crippen molar-refractivity contribution in [3.8, 4) is 0 Å². The van der Waals surface area contributed by atoms with Crippen LogP contribution in [0.25, 0.3) is 0 Å². The molecule has 0 radical (unpaired) electrons. The predicted octanol–water partition coefficient (Wildman–Crippen LogP) is -0.807. The maximum Gasteiger partial charge on any atom is 0.512 e. The highest BCUT2D eigenvalue weighted by Gasteiger charge is 2.65. The lowest BCUT2D eigenvalue weighted by molar-refractivity contribution is -0.0443. The van der Waals surface area contributed by atoms with E-state index in [4.69, 9.17) is 4.18 Å². The number of sulfonamides is 1. The highest BCUT2D eigenvalue weighted by Crippen LogP contribution is 2.55. The topological polar surface area (TPSA) is 133 Å². The summed E-state index contributed by atoms with van der Waals surface area (Å²) in [5.41, 5.74) is -5.84. The fraction of sp³-hybridized carbons (Fsp3) is 1.00. The van der Waals surface area contributed by atoms with Crippen LogP contribution in [0.5, 0.6) is 0 Å². The second-order valence-corrected chi connectivity index (χ2v) is 10.6. The van der Waals surface area contributed by atoms with E-state index in [1.54, 1.807) is 0 Å². The van der Waals surface area contributed by atoms with E-state index in [9.17, 15) is 38.4 Å². The van der Waals surface area contributed by atoms with Gasteiger partial charge in [-0.3, -0.25) is 8.37 Å². The summed E-state index contributed by atoms with van der Waals surface area (Å²) < 4.78 is 114. The Labute approximate surface area is 129 Å². The van der Waals surface area contributed by atoms with Gasteiger partial charge in [-0.15, -0.1) is 0 Å². The van der Waals surface area contributed by atoms with Gasteiger partial charge in [-0.05, 0) is 18.8 Å². The molecule has 2 bridgehead atoms. The minimum atomic E-state index is -6.17. The highest BCUT2D eigenvalue weighted by molar-refractivity contribution is 8.03. The molecule has 2 saturated carbocycles. The minimum Gasteiger partial charge on any atom is -0.263 e. The first-order chi connectivity index (χ1) is 10.2. The summed E-state index contributed by atoms with van der Waals surface area (Å²) in [6, 6.07) is 0. The van der Waals surface area contributed by atoms with Crippen LogP contribution in [0.2, 0.25) is 0 Å². The van der Waals surface area contributed by atoms with E-state index in [-0.39, 0.29) is 12.8 Å². The van der Waals surface area contributed by atoms with Crippen molar-refractivity contribution in [3.05, 3.63) is 0 Å². The van der Waals surface area contributed by atoms with Crippen LogP contribution in [0.15, 0.2) is 0 Å². The van der Waals surface area contributed by atoms with Crippen molar-refractivity contribution in [2.24, 2.45) is 11.8 Å². The van der Waals surface area contributed by atoms with Gasteiger partial charge in [0.1, 0.15) is 12.2 Å². The fourth-order valence-electron chi connectivity index (χ4n) is 3.36. The van der Waals surface area contributed by atoms with Gasteiger partial charge in [0, 0.05) is 5.92 Å². The molecular weight excluding hydrogens is 391 g/mol. The molecule has 15 heteroatoms. The Balaban J connectivity index is 1.79. The standard InChI is InChI=1S/C8H10F3NO8S3/c9-8(10,11)22(15,16)12-23(17,18)20-6-3-1-4-5(2-3)21(13,14)19-7(4)6/h3-7,12H,1-2H2. The third kappa shape index (κ3) is 2.76. The Kier molecular flexibility index (Phi) is 3.61. The zero-order chi connectivity index (χ0) is 17.4. The van der Waals surface area contributed by atoms with Crippen molar-refractivity contribution in [2.45, 2.75) is 35.8 Å². The summed E-state index contributed by atoms with van der Waals surface area (Å²) in [7, 11) is -15.4. The van der Waals surface area contributed by atoms with Gasteiger partial charge in [-0.2, -0.15) is 30.0 Å². The average molecular weight is 401 g/mol. The number of fused-ring (bicyclic) bond motifs is 1. The zero-order valence-corrected chi connectivity index (χ0v) is 13.4. The van der Waals surface area contributed by atoms with Gasteiger partial charge in [-0.25, -0.2) is 8.42 Å². The number of hydrogen-bond acceptors (Lipinski definition) is 8. The fourth-order valence-corrected chi connectivity index (χ4v) is 7.41. The van der Waals surface area contributed by atoms with Crippen molar-refractivity contribution >= 4 is 30.4 Å². The first kappa shape index (κ1) is 17.3. The molecule has 3 rings (SSSR count). The summed E-state index contributed by atoms with van der Waals surface area (Å²) in [6.45, 7) is 0. The van der Waals surface area contributed by atoms with Gasteiger partial charge < -0.3 is 0 Å². The molecule has 0 amide bonds. The molecule has 3 fully saturated rings. The molecule has 134 valence electrons. The Morgan fingerprint density at radius 3 is 2.30 bits per heavy atom. The first-order valence-electron chi connectivity index (χ1n) is 6.19. The van der Waals surface area contributed by atoms with Gasteiger partial charge in [0.05, 0.1) is 5.25 Å². The maximum atomic E-state index is 12.2. The third-order valence-electron chi connectivity index (χ3n) is 4.17. The van der Waals surface area contributed by atoms with Crippen molar-refractivity contribution in [1.29, 1.82) is 0 Å². The quantitative estimate of drug-likeness (QED) is 0.605. The smallest absolute Gasteiger partial charge is 0.263 e. The number of nitrogens with one attached hydrogen (secondary N) is 1. The van der Waals surface area contributed by atoms with E-state index < -0.39 is 65.2 Å². The van der Waals surface area contributed by atoms with E-state index >= 15 is 0 Å². The Bertz CT molecular complexity index is 832. The molecule has 3 aliphatic rings. The van der Waals surface area contributed by atoms with E-state index in [2.05, 4.69) is 4.18 Å². The molecule has 23 heavy (non-hydrogen) atoms. The lowest BCUT2D eigenvalue weighted by atomic mass is 9.95. The van der Waals surface area contributed by atoms with E-state index in [0.29, 0.717) is 4.13 Å². The summed E-state index contributed by atoms with van der Waals surface area (Å²) in [5, 5.41) is -0.785. The molecule has 5 atom stereocenters. The molecule has 0 spiro atoms. The normalized spacial score (nSPS) is 39.0. The molecule has 1 N–H and O–H groups in total. The Morgan fingerprint density at radius 1 is 1.13 bits per heavy atom. The summed E-state index contributed by atoms with van der Waals surface area (Å²) >= 11 is 0. The second kappa shape index (κ2) is 4.78. The largest absolute Gasteiger partial charge is 0.512 e. The molecule has 0 aromatic carbocycles. The first-order valence-corrected chi connectivity index (χ1v) is 10.5. The summed E-state index contributed by atoms with van der Waals surface area (Å²) in [6.07, 6.45) is -2.17. The van der Waals surface area contributed by atoms with E-state index in [0.717, 1.165) is 0 Å². The lowest BCUT2D eigenvalue weighted by Gasteiger charge is -2.24. The Morgan fingerprint density at radius 2 is 1.74 bits per heavy atom. The lowest BCUT2D eigenvalue weighted by Crippen LogP contribution is -2.45. The molecule has 2 aliphatic carbocycles. The van der Waals surface area contributed by atoms with Gasteiger partial charge >= 0.3 is 25.8 Å². The maximum absolute atomic E-state index is 12.2. The zero-order valence-electron chi connectivity index (χ0n) is 10.9. The monoisotopic (exact) mass is 401 g/mol. The molecule has 1 aliphatic heterocycles. The minimum absolute atomic E-state index is 0.0513. The third-order valence-corrected chi connectivity index (χ3v) is 8.72. The number of halogens is 3. The molecule has 0 aromatic heterocycles. The van der Waals surface area contributed by atoms with Gasteiger partial charge in [-0.1, -0.05) is 4.13 Å². The Hall–Kier alpha value is -0.480. The van der Waals surface area contributed by atoms with Crippen LogP contribution in [-0.4, -0.2) is 48.2 Å². The highest BCUT2D eigenvalue weighted by atomic mass is 32.3. The molecule has 1 saturated heterocycles. The van der Waals surface area contributed by atoms with Crippen LogP contribution >= 0.6 is 0 Å². The van der Waals surface area contributed by atoms with Gasteiger partial charge in [0.2, 0.25) is 0 Å². The molecule has 0 aromatic rings. The predicted molar refractivity (Wildman–Crippen MR) is 65.7 cm³/mol. The van der Waals surface area contributed by atoms with Gasteiger partial charge in [0.25, 0.3) is 10.1 Å². The molecular formula is C8H10F3NO8S3. The van der Waals surface area contributed by atoms with Crippen molar-refractivity contribution in [2.75, 3.05) is 0 Å².